The Hall–Kier alpha value is -0.620. The van der Waals surface area contributed by atoms with Crippen LogP contribution in [0.2, 0.25) is 0 Å². The van der Waals surface area contributed by atoms with Gasteiger partial charge >= 0.3 is 5.97 Å². The molecule has 0 aliphatic rings. The van der Waals surface area contributed by atoms with Gasteiger partial charge in [0.05, 0.1) is 5.25 Å². The Balaban J connectivity index is 4.73. The van der Waals surface area contributed by atoms with Crippen LogP contribution in [0.3, 0.4) is 0 Å². The van der Waals surface area contributed by atoms with Crippen molar-refractivity contribution in [2.24, 2.45) is 0 Å². The summed E-state index contributed by atoms with van der Waals surface area (Å²) in [4.78, 5) is 10.4. The number of carboxylic acids is 1. The van der Waals surface area contributed by atoms with Crippen molar-refractivity contribution in [3.05, 3.63) is 0 Å². The number of hydrogen-bond acceptors (Lipinski definition) is 3. The zero-order valence-corrected chi connectivity index (χ0v) is 9.54. The van der Waals surface area contributed by atoms with E-state index in [2.05, 4.69) is 0 Å². The van der Waals surface area contributed by atoms with Gasteiger partial charge in [-0.1, -0.05) is 6.92 Å². The Morgan fingerprint density at radius 2 is 1.93 bits per heavy atom. The molecule has 0 fully saturated rings. The quantitative estimate of drug-likeness (QED) is 0.712. The van der Waals surface area contributed by atoms with E-state index in [1.165, 1.54) is 0 Å². The highest BCUT2D eigenvalue weighted by molar-refractivity contribution is 7.89. The highest BCUT2D eigenvalue weighted by atomic mass is 32.2. The molecule has 1 N–H and O–H groups in total. The molecule has 14 heavy (non-hydrogen) atoms. The van der Waals surface area contributed by atoms with Crippen molar-refractivity contribution < 1.29 is 18.3 Å². The molecule has 0 spiro atoms. The number of hydrogen-bond donors (Lipinski definition) is 1. The van der Waals surface area contributed by atoms with Crippen molar-refractivity contribution in [2.75, 3.05) is 13.1 Å². The first-order valence-electron chi connectivity index (χ1n) is 4.53. The van der Waals surface area contributed by atoms with Gasteiger partial charge in [0.15, 0.2) is 0 Å². The fraction of sp³-hybridized carbons (Fsp3) is 0.875. The molecule has 0 saturated carbocycles. The van der Waals surface area contributed by atoms with Gasteiger partial charge in [0.25, 0.3) is 0 Å². The van der Waals surface area contributed by atoms with Crippen molar-refractivity contribution in [3.63, 3.8) is 0 Å². The maximum Gasteiger partial charge on any atom is 0.318 e. The third kappa shape index (κ3) is 3.63. The van der Waals surface area contributed by atoms with E-state index in [9.17, 15) is 13.2 Å². The van der Waals surface area contributed by atoms with E-state index in [-0.39, 0.29) is 6.54 Å². The summed E-state index contributed by atoms with van der Waals surface area (Å²) >= 11 is 0. The number of sulfonamides is 1. The van der Waals surface area contributed by atoms with Crippen LogP contribution >= 0.6 is 0 Å². The van der Waals surface area contributed by atoms with Gasteiger partial charge in [-0.25, -0.2) is 8.42 Å². The van der Waals surface area contributed by atoms with Crippen LogP contribution in [0.4, 0.5) is 0 Å². The first-order valence-corrected chi connectivity index (χ1v) is 6.03. The van der Waals surface area contributed by atoms with Gasteiger partial charge < -0.3 is 5.11 Å². The first kappa shape index (κ1) is 13.4. The van der Waals surface area contributed by atoms with E-state index in [0.717, 1.165) is 4.31 Å². The second-order valence-corrected chi connectivity index (χ2v) is 5.81. The molecule has 0 radical (unpaired) electrons. The molecule has 0 bridgehead atoms. The normalized spacial score (nSPS) is 12.4. The maximum atomic E-state index is 11.6. The fourth-order valence-electron chi connectivity index (χ4n) is 0.995. The SMILES string of the molecule is CCCN(CC(=O)O)S(=O)(=O)C(C)C. The molecule has 0 rings (SSSR count). The Kier molecular flexibility index (Phi) is 5.07. The van der Waals surface area contributed by atoms with Gasteiger partial charge in [-0.2, -0.15) is 4.31 Å². The van der Waals surface area contributed by atoms with E-state index in [4.69, 9.17) is 5.11 Å². The minimum Gasteiger partial charge on any atom is -0.480 e. The Bertz CT molecular complexity index is 284. The Morgan fingerprint density at radius 3 is 2.21 bits per heavy atom. The molecule has 0 aromatic carbocycles. The van der Waals surface area contributed by atoms with Gasteiger partial charge in [-0.3, -0.25) is 4.79 Å². The second-order valence-electron chi connectivity index (χ2n) is 3.32. The van der Waals surface area contributed by atoms with Gasteiger partial charge in [0.2, 0.25) is 10.0 Å². The number of rotatable bonds is 6. The summed E-state index contributed by atoms with van der Waals surface area (Å²) in [6, 6.07) is 0. The average Bonchev–Trinajstić information content (AvgIpc) is 2.02. The molecule has 0 aliphatic carbocycles. The molecule has 0 atom stereocenters. The lowest BCUT2D eigenvalue weighted by Crippen LogP contribution is -2.40. The largest absolute Gasteiger partial charge is 0.480 e. The molecular formula is C8H17NO4S. The van der Waals surface area contributed by atoms with Crippen LogP contribution in [0.1, 0.15) is 27.2 Å². The van der Waals surface area contributed by atoms with Crippen LogP contribution in [0.25, 0.3) is 0 Å². The van der Waals surface area contributed by atoms with Crippen molar-refractivity contribution in [3.8, 4) is 0 Å². The Labute approximate surface area is 84.8 Å². The molecule has 5 nitrogen and oxygen atoms in total. The molecule has 6 heteroatoms. The van der Waals surface area contributed by atoms with Crippen LogP contribution in [0, 0.1) is 0 Å². The molecule has 84 valence electrons. The highest BCUT2D eigenvalue weighted by Crippen LogP contribution is 2.08. The van der Waals surface area contributed by atoms with E-state index in [1.54, 1.807) is 13.8 Å². The van der Waals surface area contributed by atoms with Crippen molar-refractivity contribution in [2.45, 2.75) is 32.4 Å². The summed E-state index contributed by atoms with van der Waals surface area (Å²) in [6.07, 6.45) is 0.610. The van der Waals surface area contributed by atoms with Gasteiger partial charge in [0, 0.05) is 6.54 Å². The number of carbonyl (C=O) groups is 1. The van der Waals surface area contributed by atoms with Crippen LogP contribution in [-0.4, -0.2) is 42.1 Å². The summed E-state index contributed by atoms with van der Waals surface area (Å²) in [5.41, 5.74) is 0. The van der Waals surface area contributed by atoms with Crippen LogP contribution in [0.5, 0.6) is 0 Å². The minimum absolute atomic E-state index is 0.257. The first-order chi connectivity index (χ1) is 6.32. The lowest BCUT2D eigenvalue weighted by atomic mass is 10.5. The molecule has 0 heterocycles. The predicted molar refractivity (Wildman–Crippen MR) is 53.6 cm³/mol. The van der Waals surface area contributed by atoms with Crippen molar-refractivity contribution >= 4 is 16.0 Å². The third-order valence-corrected chi connectivity index (χ3v) is 3.96. The second kappa shape index (κ2) is 5.31. The molecule has 0 aliphatic heterocycles. The van der Waals surface area contributed by atoms with E-state index < -0.39 is 27.8 Å². The van der Waals surface area contributed by atoms with Gasteiger partial charge in [0.1, 0.15) is 6.54 Å². The Morgan fingerprint density at radius 1 is 1.43 bits per heavy atom. The monoisotopic (exact) mass is 223 g/mol. The van der Waals surface area contributed by atoms with Crippen LogP contribution < -0.4 is 0 Å². The summed E-state index contributed by atoms with van der Waals surface area (Å²) in [6.45, 7) is 4.70. The number of carboxylic acid groups (broad SMARTS) is 1. The lowest BCUT2D eigenvalue weighted by Gasteiger charge is -2.21. The van der Waals surface area contributed by atoms with Gasteiger partial charge in [-0.15, -0.1) is 0 Å². The molecule has 0 aromatic rings. The van der Waals surface area contributed by atoms with E-state index in [0.29, 0.717) is 6.42 Å². The summed E-state index contributed by atoms with van der Waals surface area (Å²) in [5.74, 6) is -1.12. The molecule has 0 aromatic heterocycles. The zero-order chi connectivity index (χ0) is 11.4. The van der Waals surface area contributed by atoms with Crippen molar-refractivity contribution in [1.82, 2.24) is 4.31 Å². The van der Waals surface area contributed by atoms with Crippen LogP contribution in [0.15, 0.2) is 0 Å². The summed E-state index contributed by atoms with van der Waals surface area (Å²) in [7, 11) is -3.44. The molecule has 0 unspecified atom stereocenters. The highest BCUT2D eigenvalue weighted by Gasteiger charge is 2.26. The third-order valence-electron chi connectivity index (χ3n) is 1.74. The summed E-state index contributed by atoms with van der Waals surface area (Å²) in [5, 5.41) is 7.97. The summed E-state index contributed by atoms with van der Waals surface area (Å²) < 4.78 is 24.3. The number of nitrogens with zero attached hydrogens (tertiary/aromatic N) is 1. The molecule has 0 saturated heterocycles. The van der Waals surface area contributed by atoms with E-state index in [1.807, 2.05) is 6.92 Å². The standard InChI is InChI=1S/C8H17NO4S/c1-4-5-9(6-8(10)11)14(12,13)7(2)3/h7H,4-6H2,1-3H3,(H,10,11). The minimum atomic E-state index is -3.44. The van der Waals surface area contributed by atoms with E-state index >= 15 is 0 Å². The van der Waals surface area contributed by atoms with Crippen molar-refractivity contribution in [1.29, 1.82) is 0 Å². The smallest absolute Gasteiger partial charge is 0.318 e. The average molecular weight is 223 g/mol. The van der Waals surface area contributed by atoms with Crippen LogP contribution in [-0.2, 0) is 14.8 Å². The van der Waals surface area contributed by atoms with Gasteiger partial charge in [-0.05, 0) is 20.3 Å². The number of aliphatic carboxylic acids is 1. The molecular weight excluding hydrogens is 206 g/mol. The predicted octanol–water partition coefficient (Wildman–Crippen LogP) is 0.521. The maximum absolute atomic E-state index is 11.6. The lowest BCUT2D eigenvalue weighted by molar-refractivity contribution is -0.137. The fourth-order valence-corrected chi connectivity index (χ4v) is 2.32. The topological polar surface area (TPSA) is 74.7 Å². The zero-order valence-electron chi connectivity index (χ0n) is 8.73. The molecule has 0 amide bonds.